The van der Waals surface area contributed by atoms with Crippen molar-refractivity contribution in [3.05, 3.63) is 59.7 Å². The lowest BCUT2D eigenvalue weighted by Gasteiger charge is -2.29. The third-order valence-corrected chi connectivity index (χ3v) is 8.02. The molecule has 3 rings (SSSR count). The van der Waals surface area contributed by atoms with Gasteiger partial charge in [0.15, 0.2) is 0 Å². The summed E-state index contributed by atoms with van der Waals surface area (Å²) in [6, 6.07) is 12.8. The summed E-state index contributed by atoms with van der Waals surface area (Å²) in [6.45, 7) is 3.52. The van der Waals surface area contributed by atoms with Gasteiger partial charge in [-0.2, -0.15) is 16.8 Å². The molecule has 0 saturated heterocycles. The monoisotopic (exact) mass is 452 g/mol. The van der Waals surface area contributed by atoms with Crippen molar-refractivity contribution < 1.29 is 25.2 Å². The van der Waals surface area contributed by atoms with Gasteiger partial charge < -0.3 is 0 Å². The van der Waals surface area contributed by atoms with Gasteiger partial charge in [-0.25, -0.2) is 0 Å². The summed E-state index contributed by atoms with van der Waals surface area (Å²) in [7, 11) is -7.82. The minimum Gasteiger partial charge on any atom is -0.266 e. The fourth-order valence-electron chi connectivity index (χ4n) is 3.30. The fourth-order valence-corrected chi connectivity index (χ4v) is 5.26. The van der Waals surface area contributed by atoms with Crippen LogP contribution in [-0.4, -0.2) is 30.0 Å². The Morgan fingerprint density at radius 3 is 1.50 bits per heavy atom. The Kier molecular flexibility index (Phi) is 7.34. The van der Waals surface area contributed by atoms with Crippen molar-refractivity contribution in [3.63, 3.8) is 0 Å². The van der Waals surface area contributed by atoms with E-state index >= 15 is 0 Å². The van der Waals surface area contributed by atoms with Crippen LogP contribution in [0.3, 0.4) is 0 Å². The molecule has 0 aliphatic heterocycles. The molecule has 164 valence electrons. The normalized spacial score (nSPS) is 15.3. The van der Waals surface area contributed by atoms with Gasteiger partial charge in [0.1, 0.15) is 0 Å². The molecule has 0 radical (unpaired) electrons. The highest BCUT2D eigenvalue weighted by Gasteiger charge is 2.27. The zero-order valence-electron chi connectivity index (χ0n) is 17.3. The van der Waals surface area contributed by atoms with E-state index in [0.29, 0.717) is 12.3 Å². The molecule has 0 aromatic heterocycles. The number of hydrogen-bond acceptors (Lipinski definition) is 6. The summed E-state index contributed by atoms with van der Waals surface area (Å²) >= 11 is 0. The van der Waals surface area contributed by atoms with Crippen molar-refractivity contribution in [2.24, 2.45) is 11.8 Å². The summed E-state index contributed by atoms with van der Waals surface area (Å²) in [4.78, 5) is 0.173. The van der Waals surface area contributed by atoms with Gasteiger partial charge in [-0.1, -0.05) is 54.7 Å². The largest absolute Gasteiger partial charge is 0.296 e. The second kappa shape index (κ2) is 9.60. The smallest absolute Gasteiger partial charge is 0.266 e. The van der Waals surface area contributed by atoms with Gasteiger partial charge in [-0.3, -0.25) is 8.37 Å². The fraction of sp³-hybridized carbons (Fsp3) is 0.455. The van der Waals surface area contributed by atoms with Crippen LogP contribution in [0.1, 0.15) is 36.8 Å². The highest BCUT2D eigenvalue weighted by molar-refractivity contribution is 7.87. The SMILES string of the molecule is Cc1ccc(S(=O)(=O)OCC(COS(=O)(=O)c2ccc(C)cc2)CC2CCC2)cc1. The zero-order valence-corrected chi connectivity index (χ0v) is 18.9. The first-order valence-corrected chi connectivity index (χ1v) is 12.9. The molecule has 6 nitrogen and oxygen atoms in total. The maximum Gasteiger partial charge on any atom is 0.296 e. The first-order valence-electron chi connectivity index (χ1n) is 10.1. The molecule has 1 aliphatic rings. The lowest BCUT2D eigenvalue weighted by Crippen LogP contribution is -2.26. The minimum absolute atomic E-state index is 0.0867. The third kappa shape index (κ3) is 6.14. The Morgan fingerprint density at radius 1 is 0.767 bits per heavy atom. The molecular formula is C22H28O6S2. The minimum atomic E-state index is -3.91. The lowest BCUT2D eigenvalue weighted by atomic mass is 9.79. The highest BCUT2D eigenvalue weighted by atomic mass is 32.2. The summed E-state index contributed by atoms with van der Waals surface area (Å²) in [5.41, 5.74) is 1.90. The van der Waals surface area contributed by atoms with Gasteiger partial charge in [0.25, 0.3) is 20.2 Å². The van der Waals surface area contributed by atoms with E-state index in [-0.39, 0.29) is 28.9 Å². The van der Waals surface area contributed by atoms with Crippen LogP contribution in [0.15, 0.2) is 58.3 Å². The molecule has 1 saturated carbocycles. The van der Waals surface area contributed by atoms with Crippen LogP contribution in [0.2, 0.25) is 0 Å². The number of benzene rings is 2. The summed E-state index contributed by atoms with van der Waals surface area (Å²) in [6.07, 6.45) is 3.94. The number of hydrogen-bond donors (Lipinski definition) is 0. The first kappa shape index (κ1) is 22.9. The van der Waals surface area contributed by atoms with Crippen LogP contribution in [0.4, 0.5) is 0 Å². The second-order valence-electron chi connectivity index (χ2n) is 8.00. The predicted octanol–water partition coefficient (Wildman–Crippen LogP) is 4.22. The van der Waals surface area contributed by atoms with Crippen LogP contribution >= 0.6 is 0 Å². The Balaban J connectivity index is 1.65. The summed E-state index contributed by atoms with van der Waals surface area (Å²) < 4.78 is 60.5. The molecular weight excluding hydrogens is 424 g/mol. The van der Waals surface area contributed by atoms with Crippen LogP contribution in [-0.2, 0) is 28.6 Å². The first-order chi connectivity index (χ1) is 14.2. The molecule has 1 fully saturated rings. The van der Waals surface area contributed by atoms with Gasteiger partial charge in [0.05, 0.1) is 23.0 Å². The van der Waals surface area contributed by atoms with Gasteiger partial charge in [0.2, 0.25) is 0 Å². The number of aryl methyl sites for hydroxylation is 2. The summed E-state index contributed by atoms with van der Waals surface area (Å²) in [5.74, 6) is 0.113. The molecule has 8 heteroatoms. The molecule has 0 amide bonds. The van der Waals surface area contributed by atoms with Crippen molar-refractivity contribution >= 4 is 20.2 Å². The van der Waals surface area contributed by atoms with Crippen molar-refractivity contribution in [2.75, 3.05) is 13.2 Å². The highest BCUT2D eigenvalue weighted by Crippen LogP contribution is 2.33. The standard InChI is InChI=1S/C22H28O6S2/c1-17-6-10-21(11-7-17)29(23,24)27-15-20(14-19-4-3-5-19)16-28-30(25,26)22-12-8-18(2)9-13-22/h6-13,19-20H,3-5,14-16H2,1-2H3. The van der Waals surface area contributed by atoms with Gasteiger partial charge in [0, 0.05) is 5.92 Å². The second-order valence-corrected chi connectivity index (χ2v) is 11.2. The van der Waals surface area contributed by atoms with E-state index in [1.54, 1.807) is 24.3 Å². The van der Waals surface area contributed by atoms with E-state index in [9.17, 15) is 16.8 Å². The predicted molar refractivity (Wildman–Crippen MR) is 114 cm³/mol. The molecule has 2 aromatic rings. The zero-order chi connectivity index (χ0) is 21.8. The Morgan fingerprint density at radius 2 is 1.17 bits per heavy atom. The maximum atomic E-state index is 12.5. The van der Waals surface area contributed by atoms with Gasteiger partial charge >= 0.3 is 0 Å². The van der Waals surface area contributed by atoms with E-state index in [1.807, 2.05) is 13.8 Å². The van der Waals surface area contributed by atoms with Gasteiger partial charge in [-0.05, 0) is 50.5 Å². The molecule has 30 heavy (non-hydrogen) atoms. The molecule has 0 N–H and O–H groups in total. The molecule has 1 aliphatic carbocycles. The van der Waals surface area contributed by atoms with Crippen molar-refractivity contribution in [1.82, 2.24) is 0 Å². The molecule has 2 aromatic carbocycles. The number of rotatable bonds is 10. The van der Waals surface area contributed by atoms with Crippen LogP contribution in [0.5, 0.6) is 0 Å². The lowest BCUT2D eigenvalue weighted by molar-refractivity contribution is 0.139. The maximum absolute atomic E-state index is 12.5. The van der Waals surface area contributed by atoms with Crippen molar-refractivity contribution in [1.29, 1.82) is 0 Å². The average molecular weight is 453 g/mol. The van der Waals surface area contributed by atoms with Crippen LogP contribution < -0.4 is 0 Å². The van der Waals surface area contributed by atoms with Crippen LogP contribution in [0.25, 0.3) is 0 Å². The molecule has 0 spiro atoms. The Labute approximate surface area is 179 Å². The summed E-state index contributed by atoms with van der Waals surface area (Å²) in [5, 5.41) is 0. The molecule has 0 atom stereocenters. The van der Waals surface area contributed by atoms with Gasteiger partial charge in [-0.15, -0.1) is 0 Å². The van der Waals surface area contributed by atoms with Crippen molar-refractivity contribution in [2.45, 2.75) is 49.3 Å². The Hall–Kier alpha value is -1.74. The van der Waals surface area contributed by atoms with Crippen molar-refractivity contribution in [3.8, 4) is 0 Å². The van der Waals surface area contributed by atoms with E-state index in [1.165, 1.54) is 24.3 Å². The quantitative estimate of drug-likeness (QED) is 0.502. The van der Waals surface area contributed by atoms with Crippen LogP contribution in [0, 0.1) is 25.7 Å². The van der Waals surface area contributed by atoms with E-state index in [4.69, 9.17) is 8.37 Å². The molecule has 0 bridgehead atoms. The Bertz CT molecular complexity index is 958. The van der Waals surface area contributed by atoms with E-state index < -0.39 is 20.2 Å². The average Bonchev–Trinajstić information content (AvgIpc) is 2.66. The van der Waals surface area contributed by atoms with E-state index in [0.717, 1.165) is 30.4 Å². The van der Waals surface area contributed by atoms with E-state index in [2.05, 4.69) is 0 Å². The molecule has 0 heterocycles. The third-order valence-electron chi connectivity index (χ3n) is 5.43. The topological polar surface area (TPSA) is 86.7 Å². The molecule has 0 unspecified atom stereocenters.